The number of β-amino-alcohol motifs (C(OH)–C–C–N with tert-alkyl or cyclic N) is 1. The van der Waals surface area contributed by atoms with Crippen LogP contribution in [0.4, 0.5) is 4.79 Å². The van der Waals surface area contributed by atoms with E-state index in [4.69, 9.17) is 0 Å². The summed E-state index contributed by atoms with van der Waals surface area (Å²) in [6.45, 7) is 5.12. The number of piperidine rings is 1. The van der Waals surface area contributed by atoms with Gasteiger partial charge in [0.05, 0.1) is 13.2 Å². The molecule has 2 aliphatic heterocycles. The smallest absolute Gasteiger partial charge is 0.327 e. The van der Waals surface area contributed by atoms with Gasteiger partial charge in [-0.05, 0) is 30.9 Å². The van der Waals surface area contributed by atoms with Gasteiger partial charge in [-0.15, -0.1) is 0 Å². The highest BCUT2D eigenvalue weighted by Gasteiger charge is 2.57. The minimum absolute atomic E-state index is 0.0146. The number of aliphatic hydroxyl groups is 1. The van der Waals surface area contributed by atoms with Crippen LogP contribution >= 0.6 is 0 Å². The van der Waals surface area contributed by atoms with Gasteiger partial charge in [-0.2, -0.15) is 0 Å². The molecule has 0 saturated carbocycles. The van der Waals surface area contributed by atoms with Crippen LogP contribution < -0.4 is 0 Å². The van der Waals surface area contributed by atoms with E-state index in [1.807, 2.05) is 32.0 Å². The van der Waals surface area contributed by atoms with Crippen LogP contribution in [0.5, 0.6) is 0 Å². The molecule has 7 nitrogen and oxygen atoms in total. The quantitative estimate of drug-likeness (QED) is 0.795. The number of benzene rings is 1. The summed E-state index contributed by atoms with van der Waals surface area (Å²) in [5, 5.41) is 9.24. The summed E-state index contributed by atoms with van der Waals surface area (Å²) in [7, 11) is 0. The Balaban J connectivity index is 1.79. The van der Waals surface area contributed by atoms with Crippen molar-refractivity contribution in [2.75, 3.05) is 32.8 Å². The van der Waals surface area contributed by atoms with E-state index in [1.165, 1.54) is 0 Å². The molecule has 0 atom stereocenters. The molecule has 27 heavy (non-hydrogen) atoms. The van der Waals surface area contributed by atoms with Crippen LogP contribution in [0.2, 0.25) is 0 Å². The lowest BCUT2D eigenvalue weighted by Gasteiger charge is -2.42. The predicted octanol–water partition coefficient (Wildman–Crippen LogP) is 1.57. The molecule has 0 aliphatic carbocycles. The summed E-state index contributed by atoms with van der Waals surface area (Å²) >= 11 is 0. The fraction of sp³-hybridized carbons (Fsp3) is 0.550. The average molecular weight is 373 g/mol. The number of imide groups is 1. The first-order chi connectivity index (χ1) is 12.9. The van der Waals surface area contributed by atoms with Gasteiger partial charge in [0.1, 0.15) is 5.54 Å². The molecule has 0 aromatic heterocycles. The van der Waals surface area contributed by atoms with E-state index >= 15 is 0 Å². The average Bonchev–Trinajstić information content (AvgIpc) is 2.85. The van der Waals surface area contributed by atoms with Crippen molar-refractivity contribution in [3.05, 3.63) is 35.9 Å². The van der Waals surface area contributed by atoms with E-state index in [0.717, 1.165) is 4.90 Å². The summed E-state index contributed by atoms with van der Waals surface area (Å²) < 4.78 is 0. The zero-order valence-corrected chi connectivity index (χ0v) is 15.9. The van der Waals surface area contributed by atoms with Gasteiger partial charge >= 0.3 is 6.03 Å². The molecule has 0 radical (unpaired) electrons. The third-order valence-electron chi connectivity index (χ3n) is 5.39. The van der Waals surface area contributed by atoms with Crippen molar-refractivity contribution < 1.29 is 19.5 Å². The number of carbonyl (C=O) groups is 3. The van der Waals surface area contributed by atoms with Gasteiger partial charge < -0.3 is 14.9 Å². The minimum Gasteiger partial charge on any atom is -0.395 e. The fourth-order valence-corrected chi connectivity index (χ4v) is 4.02. The zero-order valence-electron chi connectivity index (χ0n) is 15.9. The van der Waals surface area contributed by atoms with Crippen molar-refractivity contribution >= 4 is 17.8 Å². The van der Waals surface area contributed by atoms with E-state index in [9.17, 15) is 19.5 Å². The summed E-state index contributed by atoms with van der Waals surface area (Å²) in [6.07, 6.45) is 0.843. The monoisotopic (exact) mass is 373 g/mol. The first-order valence-corrected chi connectivity index (χ1v) is 9.49. The van der Waals surface area contributed by atoms with Crippen molar-refractivity contribution in [3.63, 3.8) is 0 Å². The summed E-state index contributed by atoms with van der Waals surface area (Å²) in [5.41, 5.74) is -0.271. The van der Waals surface area contributed by atoms with Crippen LogP contribution in [0.3, 0.4) is 0 Å². The molecule has 2 heterocycles. The van der Waals surface area contributed by atoms with Crippen molar-refractivity contribution in [2.45, 2.75) is 32.2 Å². The molecule has 4 amide bonds. The maximum absolute atomic E-state index is 13.1. The number of likely N-dealkylation sites (tertiary alicyclic amines) is 1. The Kier molecular flexibility index (Phi) is 5.51. The van der Waals surface area contributed by atoms with Gasteiger partial charge in [-0.3, -0.25) is 14.5 Å². The maximum atomic E-state index is 13.1. The lowest BCUT2D eigenvalue weighted by Crippen LogP contribution is -2.58. The third kappa shape index (κ3) is 3.43. The second-order valence-electron chi connectivity index (χ2n) is 7.66. The van der Waals surface area contributed by atoms with E-state index in [-0.39, 0.29) is 36.9 Å². The molecule has 7 heteroatoms. The molecular formula is C20H27N3O4. The topological polar surface area (TPSA) is 81.2 Å². The third-order valence-corrected chi connectivity index (χ3v) is 5.39. The second-order valence-corrected chi connectivity index (χ2v) is 7.66. The van der Waals surface area contributed by atoms with Crippen LogP contribution in [-0.2, 0) is 4.79 Å². The Labute approximate surface area is 159 Å². The number of aliphatic hydroxyl groups excluding tert-OH is 1. The Morgan fingerprint density at radius 2 is 1.78 bits per heavy atom. The Morgan fingerprint density at radius 1 is 1.15 bits per heavy atom. The molecule has 0 bridgehead atoms. The number of hydrogen-bond donors (Lipinski definition) is 1. The van der Waals surface area contributed by atoms with Crippen molar-refractivity contribution in [2.24, 2.45) is 5.92 Å². The Bertz CT molecular complexity index is 711. The van der Waals surface area contributed by atoms with Gasteiger partial charge in [0.2, 0.25) is 0 Å². The van der Waals surface area contributed by atoms with Gasteiger partial charge in [0.25, 0.3) is 11.8 Å². The molecular weight excluding hydrogens is 346 g/mol. The van der Waals surface area contributed by atoms with Gasteiger partial charge in [-0.1, -0.05) is 32.0 Å². The number of urea groups is 1. The first kappa shape index (κ1) is 19.4. The van der Waals surface area contributed by atoms with E-state index in [1.54, 1.807) is 21.9 Å². The van der Waals surface area contributed by atoms with Gasteiger partial charge in [-0.25, -0.2) is 4.79 Å². The van der Waals surface area contributed by atoms with Crippen molar-refractivity contribution in [1.82, 2.24) is 14.7 Å². The van der Waals surface area contributed by atoms with Crippen LogP contribution in [0.1, 0.15) is 37.0 Å². The number of rotatable bonds is 5. The molecule has 0 unspecified atom stereocenters. The first-order valence-electron chi connectivity index (χ1n) is 9.49. The molecule has 2 saturated heterocycles. The molecule has 1 aromatic carbocycles. The fourth-order valence-electron chi connectivity index (χ4n) is 4.02. The number of amides is 4. The van der Waals surface area contributed by atoms with Crippen LogP contribution in [0.15, 0.2) is 30.3 Å². The summed E-state index contributed by atoms with van der Waals surface area (Å²) in [5.74, 6) is -0.0736. The number of hydrogen-bond acceptors (Lipinski definition) is 4. The summed E-state index contributed by atoms with van der Waals surface area (Å²) in [4.78, 5) is 43.1. The van der Waals surface area contributed by atoms with E-state index in [2.05, 4.69) is 0 Å². The van der Waals surface area contributed by atoms with Crippen LogP contribution in [-0.4, -0.2) is 76.0 Å². The van der Waals surface area contributed by atoms with Gasteiger partial charge in [0, 0.05) is 25.2 Å². The predicted molar refractivity (Wildman–Crippen MR) is 100 cm³/mol. The standard InChI is InChI=1S/C20H27N3O4/c1-15(2)14-23-19(27)22(12-13-24)18(26)20(23)8-10-21(11-9-20)17(25)16-6-4-3-5-7-16/h3-7,15,24H,8-14H2,1-2H3. The summed E-state index contributed by atoms with van der Waals surface area (Å²) in [6, 6.07) is 8.76. The molecule has 1 aromatic rings. The molecule has 1 spiro atoms. The zero-order chi connectivity index (χ0) is 19.6. The highest BCUT2D eigenvalue weighted by atomic mass is 16.3. The van der Waals surface area contributed by atoms with Crippen LogP contribution in [0, 0.1) is 5.92 Å². The Morgan fingerprint density at radius 3 is 2.33 bits per heavy atom. The van der Waals surface area contributed by atoms with E-state index < -0.39 is 5.54 Å². The number of carbonyl (C=O) groups excluding carboxylic acids is 3. The van der Waals surface area contributed by atoms with Gasteiger partial charge in [0.15, 0.2) is 0 Å². The minimum atomic E-state index is -0.899. The molecule has 2 aliphatic rings. The lowest BCUT2D eigenvalue weighted by molar-refractivity contribution is -0.135. The number of nitrogens with zero attached hydrogens (tertiary/aromatic N) is 3. The van der Waals surface area contributed by atoms with Crippen molar-refractivity contribution in [3.8, 4) is 0 Å². The lowest BCUT2D eigenvalue weighted by atomic mass is 9.85. The SMILES string of the molecule is CC(C)CN1C(=O)N(CCO)C(=O)C12CCN(C(=O)c1ccccc1)CC2. The molecule has 3 rings (SSSR count). The normalized spacial score (nSPS) is 19.5. The van der Waals surface area contributed by atoms with E-state index in [0.29, 0.717) is 38.0 Å². The second kappa shape index (κ2) is 7.68. The molecule has 2 fully saturated rings. The van der Waals surface area contributed by atoms with Crippen LogP contribution in [0.25, 0.3) is 0 Å². The largest absolute Gasteiger partial charge is 0.395 e. The highest BCUT2D eigenvalue weighted by Crippen LogP contribution is 2.38. The van der Waals surface area contributed by atoms with Crippen molar-refractivity contribution in [1.29, 1.82) is 0 Å². The molecule has 1 N–H and O–H groups in total. The Hall–Kier alpha value is -2.41. The maximum Gasteiger partial charge on any atom is 0.327 e. The highest BCUT2D eigenvalue weighted by molar-refractivity contribution is 6.07. The molecule has 146 valence electrons.